The molecule has 1 amide bonds. The fourth-order valence-corrected chi connectivity index (χ4v) is 2.12. The van der Waals surface area contributed by atoms with Gasteiger partial charge in [0, 0.05) is 12.8 Å². The minimum atomic E-state index is -0.826. The van der Waals surface area contributed by atoms with Crippen molar-refractivity contribution in [1.82, 2.24) is 5.32 Å². The molecular formula is C12H21NO4. The highest BCUT2D eigenvalue weighted by Gasteiger charge is 2.23. The summed E-state index contributed by atoms with van der Waals surface area (Å²) in [4.78, 5) is 21.8. The molecule has 2 unspecified atom stereocenters. The Morgan fingerprint density at radius 3 is 2.41 bits per heavy atom. The van der Waals surface area contributed by atoms with E-state index in [1.807, 2.05) is 0 Å². The Hall–Kier alpha value is -1.10. The van der Waals surface area contributed by atoms with Gasteiger partial charge in [-0.3, -0.25) is 9.59 Å². The molecule has 2 atom stereocenters. The average molecular weight is 243 g/mol. The molecule has 0 heterocycles. The van der Waals surface area contributed by atoms with Crippen LogP contribution in [0.1, 0.15) is 51.4 Å². The highest BCUT2D eigenvalue weighted by Crippen LogP contribution is 2.18. The lowest BCUT2D eigenvalue weighted by molar-refractivity contribution is -0.137. The molecule has 1 saturated carbocycles. The van der Waals surface area contributed by atoms with Crippen LogP contribution in [0.5, 0.6) is 0 Å². The highest BCUT2D eigenvalue weighted by molar-refractivity contribution is 5.76. The Labute approximate surface area is 101 Å². The van der Waals surface area contributed by atoms with Crippen molar-refractivity contribution in [2.45, 2.75) is 63.5 Å². The molecule has 5 heteroatoms. The summed E-state index contributed by atoms with van der Waals surface area (Å²) < 4.78 is 0. The summed E-state index contributed by atoms with van der Waals surface area (Å²) >= 11 is 0. The normalized spacial score (nSPS) is 24.3. The van der Waals surface area contributed by atoms with E-state index in [-0.39, 0.29) is 18.4 Å². The lowest BCUT2D eigenvalue weighted by Gasteiger charge is -2.28. The molecule has 1 rings (SSSR count). The first-order valence-electron chi connectivity index (χ1n) is 6.29. The fourth-order valence-electron chi connectivity index (χ4n) is 2.12. The maximum Gasteiger partial charge on any atom is 0.303 e. The van der Waals surface area contributed by atoms with E-state index in [1.165, 1.54) is 0 Å². The van der Waals surface area contributed by atoms with Crippen molar-refractivity contribution in [3.63, 3.8) is 0 Å². The smallest absolute Gasteiger partial charge is 0.303 e. The first kappa shape index (κ1) is 14.0. The fraction of sp³-hybridized carbons (Fsp3) is 0.833. The van der Waals surface area contributed by atoms with Crippen LogP contribution in [0.25, 0.3) is 0 Å². The van der Waals surface area contributed by atoms with E-state index < -0.39 is 12.1 Å². The molecule has 0 bridgehead atoms. The molecule has 0 saturated heterocycles. The van der Waals surface area contributed by atoms with Crippen molar-refractivity contribution >= 4 is 11.9 Å². The van der Waals surface area contributed by atoms with E-state index in [0.29, 0.717) is 19.3 Å². The monoisotopic (exact) mass is 243 g/mol. The molecular weight excluding hydrogens is 222 g/mol. The maximum absolute atomic E-state index is 11.5. The molecule has 0 aromatic rings. The van der Waals surface area contributed by atoms with Crippen LogP contribution in [0, 0.1) is 0 Å². The molecule has 0 spiro atoms. The standard InChI is InChI=1S/C12H21NO4/c14-10-6-2-1-5-9(10)13-11(15)7-3-4-8-12(16)17/h9-10,14H,1-8H2,(H,13,15)(H,16,17). The van der Waals surface area contributed by atoms with E-state index in [9.17, 15) is 14.7 Å². The summed E-state index contributed by atoms with van der Waals surface area (Å²) in [7, 11) is 0. The number of amides is 1. The Morgan fingerprint density at radius 2 is 1.76 bits per heavy atom. The third-order valence-electron chi connectivity index (χ3n) is 3.12. The van der Waals surface area contributed by atoms with Gasteiger partial charge in [0.05, 0.1) is 12.1 Å². The molecule has 1 aliphatic rings. The Bertz CT molecular complexity index is 267. The molecule has 0 aromatic heterocycles. The highest BCUT2D eigenvalue weighted by atomic mass is 16.4. The minimum absolute atomic E-state index is 0.0821. The number of hydrogen-bond acceptors (Lipinski definition) is 3. The van der Waals surface area contributed by atoms with Gasteiger partial charge in [0.1, 0.15) is 0 Å². The summed E-state index contributed by atoms with van der Waals surface area (Å²) in [5.74, 6) is -0.908. The van der Waals surface area contributed by atoms with Crippen molar-refractivity contribution in [3.05, 3.63) is 0 Å². The number of carbonyl (C=O) groups is 2. The second kappa shape index (κ2) is 7.27. The Morgan fingerprint density at radius 1 is 1.12 bits per heavy atom. The van der Waals surface area contributed by atoms with Crippen molar-refractivity contribution in [2.24, 2.45) is 0 Å². The van der Waals surface area contributed by atoms with Gasteiger partial charge in [-0.25, -0.2) is 0 Å². The summed E-state index contributed by atoms with van der Waals surface area (Å²) in [6.45, 7) is 0. The molecule has 1 fully saturated rings. The second-order valence-electron chi connectivity index (χ2n) is 4.63. The van der Waals surface area contributed by atoms with Crippen molar-refractivity contribution in [1.29, 1.82) is 0 Å². The van der Waals surface area contributed by atoms with E-state index in [1.54, 1.807) is 0 Å². The zero-order chi connectivity index (χ0) is 12.7. The molecule has 98 valence electrons. The summed E-state index contributed by atoms with van der Waals surface area (Å²) in [5, 5.41) is 20.9. The van der Waals surface area contributed by atoms with Gasteiger partial charge in [-0.15, -0.1) is 0 Å². The van der Waals surface area contributed by atoms with Gasteiger partial charge in [0.25, 0.3) is 0 Å². The van der Waals surface area contributed by atoms with E-state index >= 15 is 0 Å². The molecule has 17 heavy (non-hydrogen) atoms. The van der Waals surface area contributed by atoms with Crippen LogP contribution < -0.4 is 5.32 Å². The number of aliphatic carboxylic acids is 1. The number of rotatable bonds is 6. The first-order chi connectivity index (χ1) is 8.09. The van der Waals surface area contributed by atoms with Gasteiger partial charge in [0.15, 0.2) is 0 Å². The van der Waals surface area contributed by atoms with Crippen LogP contribution in [0.4, 0.5) is 0 Å². The Kier molecular flexibility index (Phi) is 5.97. The minimum Gasteiger partial charge on any atom is -0.481 e. The molecule has 0 aromatic carbocycles. The zero-order valence-corrected chi connectivity index (χ0v) is 10.0. The predicted octanol–water partition coefficient (Wildman–Crippen LogP) is 1.05. The SMILES string of the molecule is O=C(O)CCCCC(=O)NC1CCCCC1O. The van der Waals surface area contributed by atoms with Gasteiger partial charge in [-0.2, -0.15) is 0 Å². The number of nitrogens with one attached hydrogen (secondary N) is 1. The third kappa shape index (κ3) is 5.68. The van der Waals surface area contributed by atoms with Gasteiger partial charge in [0.2, 0.25) is 5.91 Å². The van der Waals surface area contributed by atoms with Gasteiger partial charge < -0.3 is 15.5 Å². The number of carboxylic acid groups (broad SMARTS) is 1. The number of hydrogen-bond donors (Lipinski definition) is 3. The van der Waals surface area contributed by atoms with Crippen molar-refractivity contribution in [2.75, 3.05) is 0 Å². The number of unbranched alkanes of at least 4 members (excludes halogenated alkanes) is 1. The lowest BCUT2D eigenvalue weighted by atomic mass is 9.92. The average Bonchev–Trinajstić information content (AvgIpc) is 2.27. The van der Waals surface area contributed by atoms with Crippen LogP contribution in [0.15, 0.2) is 0 Å². The molecule has 5 nitrogen and oxygen atoms in total. The van der Waals surface area contributed by atoms with E-state index in [2.05, 4.69) is 5.32 Å². The number of carboxylic acids is 1. The Balaban J connectivity index is 2.13. The van der Waals surface area contributed by atoms with E-state index in [0.717, 1.165) is 25.7 Å². The van der Waals surface area contributed by atoms with Crippen LogP contribution in [0.3, 0.4) is 0 Å². The largest absolute Gasteiger partial charge is 0.481 e. The quantitative estimate of drug-likeness (QED) is 0.609. The molecule has 1 aliphatic carbocycles. The number of aliphatic hydroxyl groups excluding tert-OH is 1. The van der Waals surface area contributed by atoms with Crippen LogP contribution in [-0.4, -0.2) is 34.2 Å². The maximum atomic E-state index is 11.5. The van der Waals surface area contributed by atoms with E-state index in [4.69, 9.17) is 5.11 Å². The van der Waals surface area contributed by atoms with Crippen LogP contribution in [0.2, 0.25) is 0 Å². The van der Waals surface area contributed by atoms with Gasteiger partial charge in [-0.05, 0) is 25.7 Å². The van der Waals surface area contributed by atoms with Gasteiger partial charge in [-0.1, -0.05) is 12.8 Å². The summed E-state index contributed by atoms with van der Waals surface area (Å²) in [6.07, 6.45) is 4.79. The van der Waals surface area contributed by atoms with Crippen LogP contribution in [-0.2, 0) is 9.59 Å². The lowest BCUT2D eigenvalue weighted by Crippen LogP contribution is -2.44. The van der Waals surface area contributed by atoms with Gasteiger partial charge >= 0.3 is 5.97 Å². The number of carbonyl (C=O) groups excluding carboxylic acids is 1. The van der Waals surface area contributed by atoms with Crippen molar-refractivity contribution in [3.8, 4) is 0 Å². The summed E-state index contributed by atoms with van der Waals surface area (Å²) in [6, 6.07) is -0.115. The second-order valence-corrected chi connectivity index (χ2v) is 4.63. The summed E-state index contributed by atoms with van der Waals surface area (Å²) in [5.41, 5.74) is 0. The molecule has 3 N–H and O–H groups in total. The molecule has 0 aliphatic heterocycles. The van der Waals surface area contributed by atoms with Crippen LogP contribution >= 0.6 is 0 Å². The topological polar surface area (TPSA) is 86.6 Å². The zero-order valence-electron chi connectivity index (χ0n) is 10.0. The predicted molar refractivity (Wildman–Crippen MR) is 62.5 cm³/mol. The van der Waals surface area contributed by atoms with Crippen molar-refractivity contribution < 1.29 is 19.8 Å². The first-order valence-corrected chi connectivity index (χ1v) is 6.29. The molecule has 0 radical (unpaired) electrons. The third-order valence-corrected chi connectivity index (χ3v) is 3.12. The number of aliphatic hydroxyl groups is 1.